The van der Waals surface area contributed by atoms with E-state index in [2.05, 4.69) is 444 Å². The fourth-order valence-corrected chi connectivity index (χ4v) is 18.7. The van der Waals surface area contributed by atoms with Gasteiger partial charge in [-0.3, -0.25) is 0 Å². The summed E-state index contributed by atoms with van der Waals surface area (Å²) in [7, 11) is 0. The third-order valence-electron chi connectivity index (χ3n) is 24.4. The van der Waals surface area contributed by atoms with Gasteiger partial charge in [-0.25, -0.2) is 0 Å². The molecule has 0 fully saturated rings. The summed E-state index contributed by atoms with van der Waals surface area (Å²) < 4.78 is 7.49. The van der Waals surface area contributed by atoms with Gasteiger partial charge in [0.15, 0.2) is 0 Å². The minimum Gasteiger partial charge on any atom is -0.311 e. The number of nitrogens with zero attached hydrogens (tertiary/aromatic N) is 5. The van der Waals surface area contributed by atoms with E-state index < -0.39 is 0 Å². The molecule has 21 rings (SSSR count). The second kappa shape index (κ2) is 26.1. The van der Waals surface area contributed by atoms with Gasteiger partial charge in [-0.05, 0) is 209 Å². The number of anilines is 6. The Kier molecular flexibility index (Phi) is 15.7. The maximum Gasteiger partial charge on any atom is 0.252 e. The summed E-state index contributed by atoms with van der Waals surface area (Å²) in [6.07, 6.45) is 0. The van der Waals surface area contributed by atoms with E-state index >= 15 is 0 Å². The van der Waals surface area contributed by atoms with Crippen LogP contribution in [-0.4, -0.2) is 20.4 Å². The minimum absolute atomic E-state index is 0.172. The summed E-state index contributed by atoms with van der Waals surface area (Å²) in [6.45, 7) is 21.0. The van der Waals surface area contributed by atoms with E-state index in [1.165, 1.54) is 82.0 Å². The van der Waals surface area contributed by atoms with Crippen LogP contribution in [0.4, 0.5) is 34.1 Å². The molecule has 0 spiro atoms. The van der Waals surface area contributed by atoms with Gasteiger partial charge in [-0.15, -0.1) is 0 Å². The second-order valence-electron chi connectivity index (χ2n) is 34.5. The van der Waals surface area contributed by atoms with Crippen LogP contribution >= 0.6 is 0 Å². The molecular formula is C108H86BN5. The highest BCUT2D eigenvalue weighted by Crippen LogP contribution is 2.54. The highest BCUT2D eigenvalue weighted by Gasteiger charge is 2.46. The summed E-state index contributed by atoms with van der Waals surface area (Å²) in [5.41, 5.74) is 35.4. The Balaban J connectivity index is 0.924. The fraction of sp³-hybridized carbons (Fsp3) is 0.111. The van der Waals surface area contributed by atoms with Crippen LogP contribution in [0, 0.1) is 0 Å². The lowest BCUT2D eigenvalue weighted by Gasteiger charge is -2.45. The summed E-state index contributed by atoms with van der Waals surface area (Å²) in [4.78, 5) is 5.41. The number of fused-ring (bicyclic) bond motifs is 13. The SMILES string of the molecule is CC(C)(C)c1cc(-c2cc3c4c(c2)N(c2c(-c5ccccc5)cc(C(C)(C)C)cc2-c2ccccc2)c2cc(-n5c6ccccc6c6cc(-n7c8ccccc8c8ccccc87)ccc65)ccc2B4c2ccc(-n4c5ccccc5c5ccccc54)cc2N3c2cc(-c3ccccc3)cc(-c3ccccc3)c2)cc(C(C)(C)C)c1. The van der Waals surface area contributed by atoms with E-state index in [-0.39, 0.29) is 23.0 Å². The monoisotopic (exact) mass is 1460 g/mol. The largest absolute Gasteiger partial charge is 0.311 e. The average molecular weight is 1460 g/mol. The van der Waals surface area contributed by atoms with E-state index in [0.717, 1.165) is 123 Å². The molecule has 0 N–H and O–H groups in total. The lowest BCUT2D eigenvalue weighted by atomic mass is 9.33. The molecule has 3 aromatic heterocycles. The summed E-state index contributed by atoms with van der Waals surface area (Å²) in [6, 6.07) is 136. The van der Waals surface area contributed by atoms with Gasteiger partial charge < -0.3 is 23.5 Å². The van der Waals surface area contributed by atoms with Crippen molar-refractivity contribution in [3.8, 4) is 72.7 Å². The van der Waals surface area contributed by atoms with Gasteiger partial charge in [0.2, 0.25) is 0 Å². The van der Waals surface area contributed by atoms with Crippen molar-refractivity contribution in [2.75, 3.05) is 9.80 Å². The van der Waals surface area contributed by atoms with Crippen molar-refractivity contribution in [1.29, 1.82) is 0 Å². The van der Waals surface area contributed by atoms with E-state index in [9.17, 15) is 0 Å². The molecule has 2 aliphatic heterocycles. The van der Waals surface area contributed by atoms with Crippen LogP contribution in [0.5, 0.6) is 0 Å². The zero-order chi connectivity index (χ0) is 77.0. The number of hydrogen-bond donors (Lipinski definition) is 0. The smallest absolute Gasteiger partial charge is 0.252 e. The maximum absolute atomic E-state index is 2.74. The molecule has 0 amide bonds. The molecule has 16 aromatic carbocycles. The van der Waals surface area contributed by atoms with E-state index in [4.69, 9.17) is 0 Å². The first-order valence-corrected chi connectivity index (χ1v) is 40.2. The number of rotatable bonds is 10. The summed E-state index contributed by atoms with van der Waals surface area (Å²) in [5, 5.41) is 7.32. The van der Waals surface area contributed by atoms with Gasteiger partial charge in [0.25, 0.3) is 6.71 Å². The van der Waals surface area contributed by atoms with Crippen molar-refractivity contribution in [3.63, 3.8) is 0 Å². The molecule has 546 valence electrons. The normalized spacial score (nSPS) is 12.9. The van der Waals surface area contributed by atoms with Crippen molar-refractivity contribution in [2.24, 2.45) is 0 Å². The number of hydrogen-bond acceptors (Lipinski definition) is 2. The predicted octanol–water partition coefficient (Wildman–Crippen LogP) is 27.3. The first-order valence-electron chi connectivity index (χ1n) is 40.2. The standard InChI is InChI=1S/C108H86BN5/c1-106(2,3)77-57-75(58-78(63-77)107(4,5)6)76-61-102-104-103(62-76)114(105-89(71-36-18-12-19-37-71)64-79(108(7,8)9)65-90(105)72-38-20-13-21-39-72)101-68-82(112-98-49-31-26-44-88(98)91-66-80(52-55-99(91)112)110-94-45-27-22-40-84(94)85-41-23-28-46-95(85)110)51-54-93(101)109(104)92-53-50-81(111-96-47-29-24-42-86(96)87-43-25-30-48-97(87)111)67-100(92)113(102)83-59-73(69-32-14-10-15-33-69)56-74(60-83)70-34-16-11-17-35-70/h10-68H,1-9H3. The number of aromatic nitrogens is 3. The molecule has 2 aliphatic rings. The van der Waals surface area contributed by atoms with Crippen molar-refractivity contribution in [2.45, 2.75) is 78.6 Å². The Morgan fingerprint density at radius 1 is 0.211 bits per heavy atom. The molecule has 0 unspecified atom stereocenters. The minimum atomic E-state index is -0.277. The lowest BCUT2D eigenvalue weighted by molar-refractivity contribution is 0.569. The molecule has 6 heteroatoms. The highest BCUT2D eigenvalue weighted by atomic mass is 15.2. The van der Waals surface area contributed by atoms with E-state index in [1.54, 1.807) is 0 Å². The molecule has 5 heterocycles. The van der Waals surface area contributed by atoms with Crippen LogP contribution < -0.4 is 26.2 Å². The van der Waals surface area contributed by atoms with Gasteiger partial charge >= 0.3 is 0 Å². The maximum atomic E-state index is 2.74. The third kappa shape index (κ3) is 11.1. The lowest BCUT2D eigenvalue weighted by Crippen LogP contribution is -2.61. The van der Waals surface area contributed by atoms with Crippen LogP contribution in [0.3, 0.4) is 0 Å². The van der Waals surface area contributed by atoms with E-state index in [1.807, 2.05) is 0 Å². The Morgan fingerprint density at radius 2 is 0.526 bits per heavy atom. The van der Waals surface area contributed by atoms with Gasteiger partial charge in [-0.1, -0.05) is 305 Å². The van der Waals surface area contributed by atoms with Crippen molar-refractivity contribution >= 4 is 123 Å². The Labute approximate surface area is 667 Å². The van der Waals surface area contributed by atoms with Crippen LogP contribution in [0.1, 0.15) is 79.0 Å². The quantitative estimate of drug-likeness (QED) is 0.127. The number of benzene rings is 16. The number of para-hydroxylation sites is 5. The molecule has 0 saturated heterocycles. The van der Waals surface area contributed by atoms with Crippen LogP contribution in [0.2, 0.25) is 0 Å². The van der Waals surface area contributed by atoms with Gasteiger partial charge in [0.05, 0.1) is 38.8 Å². The zero-order valence-corrected chi connectivity index (χ0v) is 65.9. The third-order valence-corrected chi connectivity index (χ3v) is 24.4. The van der Waals surface area contributed by atoms with Gasteiger partial charge in [0, 0.05) is 88.9 Å². The molecular weight excluding hydrogens is 1380 g/mol. The Hall–Kier alpha value is -13.4. The summed E-state index contributed by atoms with van der Waals surface area (Å²) in [5.74, 6) is 0. The van der Waals surface area contributed by atoms with Crippen molar-refractivity contribution in [3.05, 3.63) is 375 Å². The average Bonchev–Trinajstić information content (AvgIpc) is 0.812. The summed E-state index contributed by atoms with van der Waals surface area (Å²) >= 11 is 0. The molecule has 0 saturated carbocycles. The first kappa shape index (κ1) is 68.6. The highest BCUT2D eigenvalue weighted by molar-refractivity contribution is 7.00. The van der Waals surface area contributed by atoms with Crippen LogP contribution in [0.15, 0.2) is 358 Å². The topological polar surface area (TPSA) is 21.3 Å². The molecule has 0 bridgehead atoms. The molecule has 114 heavy (non-hydrogen) atoms. The van der Waals surface area contributed by atoms with Gasteiger partial charge in [0.1, 0.15) is 0 Å². The van der Waals surface area contributed by atoms with Crippen molar-refractivity contribution in [1.82, 2.24) is 13.7 Å². The molecule has 0 atom stereocenters. The van der Waals surface area contributed by atoms with E-state index in [0.29, 0.717) is 0 Å². The molecule has 19 aromatic rings. The predicted molar refractivity (Wildman–Crippen MR) is 487 cm³/mol. The fourth-order valence-electron chi connectivity index (χ4n) is 18.7. The van der Waals surface area contributed by atoms with Gasteiger partial charge in [-0.2, -0.15) is 0 Å². The Bertz CT molecular complexity index is 6840. The second-order valence-corrected chi connectivity index (χ2v) is 34.5. The molecule has 0 radical (unpaired) electrons. The van der Waals surface area contributed by atoms with Crippen LogP contribution in [0.25, 0.3) is 138 Å². The first-order chi connectivity index (χ1) is 55.4. The molecule has 5 nitrogen and oxygen atoms in total. The Morgan fingerprint density at radius 3 is 0.939 bits per heavy atom. The molecule has 0 aliphatic carbocycles. The van der Waals surface area contributed by atoms with Crippen LogP contribution in [-0.2, 0) is 16.2 Å². The zero-order valence-electron chi connectivity index (χ0n) is 65.9. The van der Waals surface area contributed by atoms with Crippen molar-refractivity contribution < 1.29 is 0 Å².